The summed E-state index contributed by atoms with van der Waals surface area (Å²) in [5, 5.41) is 11.4. The zero-order valence-corrected chi connectivity index (χ0v) is 14.6. The van der Waals surface area contributed by atoms with Gasteiger partial charge in [-0.3, -0.25) is 9.59 Å². The second-order valence-electron chi connectivity index (χ2n) is 5.95. The number of hydrogen-bond donors (Lipinski definition) is 2. The Morgan fingerprint density at radius 2 is 1.91 bits per heavy atom. The number of carbonyl (C=O) groups is 2. The number of piperidine rings is 1. The highest BCUT2D eigenvalue weighted by Crippen LogP contribution is 2.19. The Labute approximate surface area is 138 Å². The van der Waals surface area contributed by atoms with E-state index < -0.39 is 16.0 Å². The van der Waals surface area contributed by atoms with Crippen molar-refractivity contribution in [2.75, 3.05) is 25.4 Å². The molecule has 0 radical (unpaired) electrons. The maximum atomic E-state index is 12.1. The normalized spacial score (nSPS) is 19.4. The molecule has 1 rings (SSSR count). The molecule has 134 valence electrons. The smallest absolute Gasteiger partial charge is 0.303 e. The minimum absolute atomic E-state index is 0.0671. The summed E-state index contributed by atoms with van der Waals surface area (Å²) < 4.78 is 25.2. The van der Waals surface area contributed by atoms with Gasteiger partial charge in [0.15, 0.2) is 0 Å². The predicted molar refractivity (Wildman–Crippen MR) is 87.5 cm³/mol. The fraction of sp³-hybridized carbons (Fsp3) is 0.867. The number of unbranched alkanes of at least 4 members (excludes halogenated alkanes) is 3. The van der Waals surface area contributed by atoms with Crippen LogP contribution in [0.5, 0.6) is 0 Å². The molecule has 1 heterocycles. The molecule has 1 aliphatic rings. The van der Waals surface area contributed by atoms with Crippen LogP contribution in [0, 0.1) is 5.92 Å². The Morgan fingerprint density at radius 1 is 1.22 bits per heavy atom. The lowest BCUT2D eigenvalue weighted by molar-refractivity contribution is -0.137. The van der Waals surface area contributed by atoms with Gasteiger partial charge in [0.25, 0.3) is 0 Å². The molecule has 1 unspecified atom stereocenters. The van der Waals surface area contributed by atoms with Crippen LogP contribution in [-0.4, -0.2) is 55.1 Å². The first-order valence-electron chi connectivity index (χ1n) is 8.34. The molecule has 23 heavy (non-hydrogen) atoms. The molecule has 0 aromatic heterocycles. The van der Waals surface area contributed by atoms with Gasteiger partial charge in [-0.1, -0.05) is 12.8 Å². The van der Waals surface area contributed by atoms with Crippen molar-refractivity contribution >= 4 is 21.9 Å². The van der Waals surface area contributed by atoms with Crippen LogP contribution in [0.4, 0.5) is 0 Å². The van der Waals surface area contributed by atoms with Gasteiger partial charge in [0.2, 0.25) is 15.9 Å². The SMILES string of the molecule is CCS(=O)(=O)N1CCCC(C(=O)NCCCCCCC(=O)O)C1. The molecule has 7 nitrogen and oxygen atoms in total. The van der Waals surface area contributed by atoms with Gasteiger partial charge in [0.05, 0.1) is 11.7 Å². The van der Waals surface area contributed by atoms with E-state index in [2.05, 4.69) is 5.32 Å². The molecular weight excluding hydrogens is 320 g/mol. The molecule has 1 atom stereocenters. The maximum Gasteiger partial charge on any atom is 0.303 e. The number of nitrogens with one attached hydrogen (secondary N) is 1. The van der Waals surface area contributed by atoms with Gasteiger partial charge in [0.1, 0.15) is 0 Å². The summed E-state index contributed by atoms with van der Waals surface area (Å²) in [5.74, 6) is -1.05. The number of nitrogens with zero attached hydrogens (tertiary/aromatic N) is 1. The number of sulfonamides is 1. The first-order valence-corrected chi connectivity index (χ1v) is 9.95. The number of amides is 1. The molecule has 8 heteroatoms. The molecule has 0 bridgehead atoms. The van der Waals surface area contributed by atoms with E-state index >= 15 is 0 Å². The average molecular weight is 348 g/mol. The molecule has 1 fully saturated rings. The third kappa shape index (κ3) is 7.30. The van der Waals surface area contributed by atoms with Crippen LogP contribution in [0.3, 0.4) is 0 Å². The molecule has 2 N–H and O–H groups in total. The molecule has 0 aromatic carbocycles. The molecule has 1 saturated heterocycles. The lowest BCUT2D eigenvalue weighted by Crippen LogP contribution is -2.46. The summed E-state index contributed by atoms with van der Waals surface area (Å²) in [4.78, 5) is 22.5. The number of carboxylic acids is 1. The zero-order chi connectivity index (χ0) is 17.3. The first-order chi connectivity index (χ1) is 10.9. The van der Waals surface area contributed by atoms with Gasteiger partial charge in [-0.05, 0) is 32.6 Å². The van der Waals surface area contributed by atoms with E-state index in [-0.39, 0.29) is 30.5 Å². The minimum Gasteiger partial charge on any atom is -0.481 e. The first kappa shape index (κ1) is 19.9. The van der Waals surface area contributed by atoms with Crippen LogP contribution in [-0.2, 0) is 19.6 Å². The number of hydrogen-bond acceptors (Lipinski definition) is 4. The van der Waals surface area contributed by atoms with Crippen molar-refractivity contribution in [1.29, 1.82) is 0 Å². The van der Waals surface area contributed by atoms with Gasteiger partial charge in [-0.25, -0.2) is 12.7 Å². The van der Waals surface area contributed by atoms with E-state index in [4.69, 9.17) is 5.11 Å². The van der Waals surface area contributed by atoms with Gasteiger partial charge >= 0.3 is 5.97 Å². The number of rotatable bonds is 10. The third-order valence-electron chi connectivity index (χ3n) is 4.13. The van der Waals surface area contributed by atoms with E-state index in [0.29, 0.717) is 25.9 Å². The predicted octanol–water partition coefficient (Wildman–Crippen LogP) is 1.20. The van der Waals surface area contributed by atoms with Gasteiger partial charge in [-0.15, -0.1) is 0 Å². The Balaban J connectivity index is 2.23. The Morgan fingerprint density at radius 3 is 2.57 bits per heavy atom. The lowest BCUT2D eigenvalue weighted by atomic mass is 9.99. The maximum absolute atomic E-state index is 12.1. The summed E-state index contributed by atoms with van der Waals surface area (Å²) in [7, 11) is -3.22. The van der Waals surface area contributed by atoms with Crippen molar-refractivity contribution in [2.45, 2.75) is 51.9 Å². The van der Waals surface area contributed by atoms with Gasteiger partial charge in [0, 0.05) is 26.1 Å². The second kappa shape index (κ2) is 9.87. The summed E-state index contributed by atoms with van der Waals surface area (Å²) in [6.45, 7) is 2.95. The Bertz CT molecular complexity index is 492. The van der Waals surface area contributed by atoms with Crippen LogP contribution in [0.15, 0.2) is 0 Å². The Hall–Kier alpha value is -1.15. The quantitative estimate of drug-likeness (QED) is 0.577. The molecular formula is C15H28N2O5S. The van der Waals surface area contributed by atoms with E-state index in [0.717, 1.165) is 25.7 Å². The van der Waals surface area contributed by atoms with Crippen molar-refractivity contribution in [3.8, 4) is 0 Å². The van der Waals surface area contributed by atoms with Crippen LogP contribution in [0.1, 0.15) is 51.9 Å². The highest BCUT2D eigenvalue weighted by Gasteiger charge is 2.31. The summed E-state index contributed by atoms with van der Waals surface area (Å²) in [6.07, 6.45) is 4.83. The van der Waals surface area contributed by atoms with Gasteiger partial charge < -0.3 is 10.4 Å². The standard InChI is InChI=1S/C15H28N2O5S/c1-2-23(21,22)17-11-7-8-13(12-17)15(20)16-10-6-4-3-5-9-14(18)19/h13H,2-12H2,1H3,(H,16,20)(H,18,19). The Kier molecular flexibility index (Phi) is 8.54. The number of carbonyl (C=O) groups excluding carboxylic acids is 1. The van der Waals surface area contributed by atoms with Crippen molar-refractivity contribution in [1.82, 2.24) is 9.62 Å². The van der Waals surface area contributed by atoms with Crippen LogP contribution in [0.25, 0.3) is 0 Å². The van der Waals surface area contributed by atoms with Crippen molar-refractivity contribution in [3.63, 3.8) is 0 Å². The fourth-order valence-corrected chi connectivity index (χ4v) is 3.88. The summed E-state index contributed by atoms with van der Waals surface area (Å²) in [5.41, 5.74) is 0. The highest BCUT2D eigenvalue weighted by molar-refractivity contribution is 7.89. The largest absolute Gasteiger partial charge is 0.481 e. The van der Waals surface area contributed by atoms with E-state index in [1.54, 1.807) is 6.92 Å². The second-order valence-corrected chi connectivity index (χ2v) is 8.20. The topological polar surface area (TPSA) is 104 Å². The van der Waals surface area contributed by atoms with Crippen LogP contribution < -0.4 is 5.32 Å². The summed E-state index contributed by atoms with van der Waals surface area (Å²) >= 11 is 0. The lowest BCUT2D eigenvalue weighted by Gasteiger charge is -2.30. The molecule has 0 aromatic rings. The monoisotopic (exact) mass is 348 g/mol. The van der Waals surface area contributed by atoms with E-state index in [1.165, 1.54) is 4.31 Å². The van der Waals surface area contributed by atoms with Crippen molar-refractivity contribution in [2.24, 2.45) is 5.92 Å². The van der Waals surface area contributed by atoms with Crippen LogP contribution >= 0.6 is 0 Å². The molecule has 1 aliphatic heterocycles. The van der Waals surface area contributed by atoms with Crippen molar-refractivity contribution in [3.05, 3.63) is 0 Å². The van der Waals surface area contributed by atoms with E-state index in [1.807, 2.05) is 0 Å². The zero-order valence-electron chi connectivity index (χ0n) is 13.8. The molecule has 0 spiro atoms. The molecule has 0 aliphatic carbocycles. The minimum atomic E-state index is -3.22. The van der Waals surface area contributed by atoms with Gasteiger partial charge in [-0.2, -0.15) is 0 Å². The molecule has 0 saturated carbocycles. The van der Waals surface area contributed by atoms with Crippen LogP contribution in [0.2, 0.25) is 0 Å². The van der Waals surface area contributed by atoms with Crippen molar-refractivity contribution < 1.29 is 23.1 Å². The fourth-order valence-electron chi connectivity index (χ4n) is 2.70. The third-order valence-corrected chi connectivity index (χ3v) is 5.98. The number of carboxylic acid groups (broad SMARTS) is 1. The highest BCUT2D eigenvalue weighted by atomic mass is 32.2. The van der Waals surface area contributed by atoms with E-state index in [9.17, 15) is 18.0 Å². The number of aliphatic carboxylic acids is 1. The summed E-state index contributed by atoms with van der Waals surface area (Å²) in [6, 6.07) is 0. The average Bonchev–Trinajstić information content (AvgIpc) is 2.53. The molecule has 1 amide bonds.